The Hall–Kier alpha value is -1.91. The monoisotopic (exact) mass is 417 g/mol. The highest BCUT2D eigenvalue weighted by molar-refractivity contribution is 7.77. The molecule has 3 atom stereocenters. The van der Waals surface area contributed by atoms with Gasteiger partial charge in [0.15, 0.2) is 11.6 Å². The fourth-order valence-corrected chi connectivity index (χ4v) is 3.75. The van der Waals surface area contributed by atoms with Gasteiger partial charge in [0.25, 0.3) is 0 Å². The van der Waals surface area contributed by atoms with Gasteiger partial charge in [-0.25, -0.2) is 17.9 Å². The van der Waals surface area contributed by atoms with Gasteiger partial charge in [-0.15, -0.1) is 0 Å². The summed E-state index contributed by atoms with van der Waals surface area (Å²) in [6.07, 6.45) is -0.567. The van der Waals surface area contributed by atoms with Gasteiger partial charge in [-0.3, -0.25) is 4.21 Å². The quantitative estimate of drug-likeness (QED) is 0.696. The first-order valence-electron chi connectivity index (χ1n) is 8.80. The third-order valence-electron chi connectivity index (χ3n) is 4.88. The van der Waals surface area contributed by atoms with E-state index in [-0.39, 0.29) is 37.7 Å². The number of ether oxygens (including phenoxy) is 1. The van der Waals surface area contributed by atoms with Crippen LogP contribution in [0.4, 0.5) is 13.2 Å². The van der Waals surface area contributed by atoms with Crippen LogP contribution in [-0.2, 0) is 11.3 Å². The zero-order valence-corrected chi connectivity index (χ0v) is 15.9. The fourth-order valence-electron chi connectivity index (χ4n) is 3.40. The topological polar surface area (TPSA) is 87.4 Å². The van der Waals surface area contributed by atoms with E-state index in [9.17, 15) is 21.9 Å². The zero-order valence-electron chi connectivity index (χ0n) is 15.1. The van der Waals surface area contributed by atoms with Crippen molar-refractivity contribution in [2.45, 2.75) is 32.1 Å². The summed E-state index contributed by atoms with van der Waals surface area (Å²) in [5, 5.41) is 3.81. The molecule has 1 N–H and O–H groups in total. The van der Waals surface area contributed by atoms with Crippen molar-refractivity contribution in [2.75, 3.05) is 13.2 Å². The van der Waals surface area contributed by atoms with Gasteiger partial charge in [0.2, 0.25) is 5.92 Å². The van der Waals surface area contributed by atoms with Crippen LogP contribution in [0.1, 0.15) is 25.0 Å². The van der Waals surface area contributed by atoms with Crippen molar-refractivity contribution in [3.8, 4) is 17.0 Å². The van der Waals surface area contributed by atoms with Gasteiger partial charge in [-0.1, -0.05) is 5.16 Å². The Morgan fingerprint density at radius 2 is 2.18 bits per heavy atom. The van der Waals surface area contributed by atoms with Crippen LogP contribution in [0.3, 0.4) is 0 Å². The summed E-state index contributed by atoms with van der Waals surface area (Å²) in [5.41, 5.74) is 0.984. The number of hydrogen-bond donors (Lipinski definition) is 1. The minimum Gasteiger partial charge on any atom is -0.760 e. The molecule has 0 bridgehead atoms. The van der Waals surface area contributed by atoms with E-state index in [4.69, 9.17) is 9.26 Å². The molecule has 1 aromatic carbocycles. The van der Waals surface area contributed by atoms with Crippen LogP contribution in [0.5, 0.6) is 5.75 Å². The molecule has 0 amide bonds. The third kappa shape index (κ3) is 5.33. The molecule has 0 radical (unpaired) electrons. The number of alkyl halides is 2. The van der Waals surface area contributed by atoms with E-state index < -0.39 is 35.3 Å². The van der Waals surface area contributed by atoms with Crippen LogP contribution >= 0.6 is 0 Å². The second kappa shape index (κ2) is 8.62. The molecule has 1 aliphatic rings. The molecule has 1 unspecified atom stereocenters. The number of rotatable bonds is 7. The van der Waals surface area contributed by atoms with Crippen LogP contribution in [-0.4, -0.2) is 33.0 Å². The lowest BCUT2D eigenvalue weighted by molar-refractivity contribution is -0.0758. The summed E-state index contributed by atoms with van der Waals surface area (Å²) in [4.78, 5) is 0. The Bertz CT molecular complexity index is 846. The van der Waals surface area contributed by atoms with E-state index in [0.29, 0.717) is 17.0 Å². The highest BCUT2D eigenvalue weighted by Gasteiger charge is 2.41. The molecule has 1 aliphatic carbocycles. The number of nitrogens with zero attached hydrogens (tertiary/aromatic N) is 1. The van der Waals surface area contributed by atoms with Crippen molar-refractivity contribution in [2.24, 2.45) is 11.8 Å². The predicted molar refractivity (Wildman–Crippen MR) is 94.8 cm³/mol. The Morgan fingerprint density at radius 1 is 1.39 bits per heavy atom. The largest absolute Gasteiger partial charge is 0.760 e. The molecule has 1 fully saturated rings. The smallest absolute Gasteiger partial charge is 0.248 e. The molecule has 6 nitrogen and oxygen atoms in total. The summed E-state index contributed by atoms with van der Waals surface area (Å²) in [6, 6.07) is 5.92. The number of aryl methyl sites for hydroxylation is 1. The molecule has 3 rings (SSSR count). The maximum Gasteiger partial charge on any atom is 0.248 e. The van der Waals surface area contributed by atoms with Gasteiger partial charge in [0, 0.05) is 48.2 Å². The first-order chi connectivity index (χ1) is 13.2. The molecular formula is C18H20F3N2O4S-. The lowest BCUT2D eigenvalue weighted by Gasteiger charge is -2.36. The lowest BCUT2D eigenvalue weighted by atomic mass is 9.78. The average Bonchev–Trinajstić information content (AvgIpc) is 3.05. The van der Waals surface area contributed by atoms with Gasteiger partial charge in [-0.05, 0) is 37.5 Å². The maximum absolute atomic E-state index is 14.4. The standard InChI is InChI=1S/C18H21F3N2O4S/c1-11-6-16(23-27-11)12-2-3-17(15(19)7-12)26-10-14-8-18(20,21)5-4-13(14)9-22-28(24)25/h2-3,6-7,13-14,22H,4-5,8-10H2,1H3,(H,24,25)/p-1/t13-,14+/m1/s1. The van der Waals surface area contributed by atoms with E-state index in [2.05, 4.69) is 9.88 Å². The Labute approximate surface area is 162 Å². The van der Waals surface area contributed by atoms with Crippen molar-refractivity contribution >= 4 is 11.3 Å². The molecule has 1 saturated carbocycles. The van der Waals surface area contributed by atoms with E-state index in [1.807, 2.05) is 0 Å². The summed E-state index contributed by atoms with van der Waals surface area (Å²) in [5.74, 6) is -3.86. The normalized spacial score (nSPS) is 22.8. The van der Waals surface area contributed by atoms with Crippen LogP contribution in [0.25, 0.3) is 11.3 Å². The molecule has 0 aliphatic heterocycles. The van der Waals surface area contributed by atoms with E-state index in [1.54, 1.807) is 19.1 Å². The fraction of sp³-hybridized carbons (Fsp3) is 0.500. The summed E-state index contributed by atoms with van der Waals surface area (Å²) >= 11 is -2.47. The van der Waals surface area contributed by atoms with Gasteiger partial charge in [0.1, 0.15) is 11.5 Å². The highest BCUT2D eigenvalue weighted by Crippen LogP contribution is 2.40. The summed E-state index contributed by atoms with van der Waals surface area (Å²) < 4.78 is 76.0. The molecule has 2 aromatic rings. The summed E-state index contributed by atoms with van der Waals surface area (Å²) in [6.45, 7) is 1.64. The second-order valence-electron chi connectivity index (χ2n) is 6.98. The number of hydrogen-bond acceptors (Lipinski definition) is 5. The molecule has 10 heteroatoms. The van der Waals surface area contributed by atoms with Gasteiger partial charge in [-0.2, -0.15) is 0 Å². The van der Waals surface area contributed by atoms with Crippen molar-refractivity contribution in [3.05, 3.63) is 35.8 Å². The Balaban J connectivity index is 1.67. The number of halogens is 3. The molecule has 1 heterocycles. The number of aromatic nitrogens is 1. The molecule has 0 saturated heterocycles. The predicted octanol–water partition coefficient (Wildman–Crippen LogP) is 3.60. The van der Waals surface area contributed by atoms with Gasteiger partial charge in [0.05, 0.1) is 6.61 Å². The third-order valence-corrected chi connectivity index (χ3v) is 5.28. The minimum atomic E-state index is -2.84. The SMILES string of the molecule is Cc1cc(-c2ccc(OC[C@@H]3CC(F)(F)CC[C@@H]3CNS(=O)[O-])c(F)c2)no1. The number of benzene rings is 1. The van der Waals surface area contributed by atoms with Gasteiger partial charge < -0.3 is 13.8 Å². The first kappa shape index (κ1) is 20.8. The van der Waals surface area contributed by atoms with Crippen molar-refractivity contribution in [3.63, 3.8) is 0 Å². The molecule has 154 valence electrons. The van der Waals surface area contributed by atoms with E-state index in [1.165, 1.54) is 12.1 Å². The average molecular weight is 417 g/mol. The van der Waals surface area contributed by atoms with Crippen molar-refractivity contribution in [1.29, 1.82) is 0 Å². The lowest BCUT2D eigenvalue weighted by Crippen LogP contribution is -2.40. The Kier molecular flexibility index (Phi) is 6.41. The first-order valence-corrected chi connectivity index (χ1v) is 9.87. The van der Waals surface area contributed by atoms with E-state index in [0.717, 1.165) is 0 Å². The van der Waals surface area contributed by atoms with Gasteiger partial charge >= 0.3 is 0 Å². The molecule has 0 spiro atoms. The van der Waals surface area contributed by atoms with Crippen LogP contribution in [0.2, 0.25) is 0 Å². The maximum atomic E-state index is 14.4. The van der Waals surface area contributed by atoms with Crippen molar-refractivity contribution in [1.82, 2.24) is 9.88 Å². The van der Waals surface area contributed by atoms with Crippen molar-refractivity contribution < 1.29 is 31.2 Å². The summed E-state index contributed by atoms with van der Waals surface area (Å²) in [7, 11) is 0. The van der Waals surface area contributed by atoms with Crippen LogP contribution in [0, 0.1) is 24.6 Å². The minimum absolute atomic E-state index is 0.0488. The zero-order chi connectivity index (χ0) is 20.3. The number of nitrogens with one attached hydrogen (secondary N) is 1. The van der Waals surface area contributed by atoms with Crippen LogP contribution < -0.4 is 9.46 Å². The molecule has 1 aromatic heterocycles. The Morgan fingerprint density at radius 3 is 2.82 bits per heavy atom. The second-order valence-corrected chi connectivity index (χ2v) is 7.74. The highest BCUT2D eigenvalue weighted by atomic mass is 32.2. The van der Waals surface area contributed by atoms with Crippen LogP contribution in [0.15, 0.2) is 28.8 Å². The van der Waals surface area contributed by atoms with E-state index >= 15 is 0 Å². The molecule has 28 heavy (non-hydrogen) atoms. The molecular weight excluding hydrogens is 397 g/mol.